The van der Waals surface area contributed by atoms with E-state index in [2.05, 4.69) is 17.0 Å². The van der Waals surface area contributed by atoms with Crippen molar-refractivity contribution in [1.29, 1.82) is 0 Å². The van der Waals surface area contributed by atoms with Crippen LogP contribution in [0.4, 0.5) is 5.69 Å². The fourth-order valence-corrected chi connectivity index (χ4v) is 3.46. The first-order valence-corrected chi connectivity index (χ1v) is 9.37. The smallest absolute Gasteiger partial charge is 0.255 e. The Morgan fingerprint density at radius 1 is 1.12 bits per heavy atom. The zero-order chi connectivity index (χ0) is 17.7. The Labute approximate surface area is 147 Å². The summed E-state index contributed by atoms with van der Waals surface area (Å²) < 4.78 is 26.0. The van der Waals surface area contributed by atoms with Crippen molar-refractivity contribution >= 4 is 33.2 Å². The molecule has 0 aliphatic carbocycles. The Kier molecular flexibility index (Phi) is 5.99. The van der Waals surface area contributed by atoms with Gasteiger partial charge in [0.05, 0.1) is 5.02 Å². The van der Waals surface area contributed by atoms with E-state index in [-0.39, 0.29) is 15.5 Å². The third-order valence-corrected chi connectivity index (χ3v) is 5.40. The van der Waals surface area contributed by atoms with Crippen molar-refractivity contribution in [3.8, 4) is 0 Å². The summed E-state index contributed by atoms with van der Waals surface area (Å²) in [5, 5.41) is 2.81. The van der Waals surface area contributed by atoms with Gasteiger partial charge in [0.15, 0.2) is 0 Å². The van der Waals surface area contributed by atoms with E-state index in [0.29, 0.717) is 5.69 Å². The molecular weight excluding hydrogens is 348 g/mol. The molecule has 2 N–H and O–H groups in total. The fourth-order valence-electron chi connectivity index (χ4n) is 2.21. The summed E-state index contributed by atoms with van der Waals surface area (Å²) in [4.78, 5) is 12.2. The Hall–Kier alpha value is -1.89. The van der Waals surface area contributed by atoms with Crippen molar-refractivity contribution in [2.75, 3.05) is 12.4 Å². The van der Waals surface area contributed by atoms with E-state index in [1.54, 1.807) is 0 Å². The lowest BCUT2D eigenvalue weighted by Gasteiger charge is -2.09. The number of aryl methyl sites for hydroxylation is 1. The summed E-state index contributed by atoms with van der Waals surface area (Å²) in [5.41, 5.74) is 2.06. The lowest BCUT2D eigenvalue weighted by Crippen LogP contribution is -2.20. The molecule has 0 heterocycles. The highest BCUT2D eigenvalue weighted by Gasteiger charge is 2.18. The molecule has 24 heavy (non-hydrogen) atoms. The summed E-state index contributed by atoms with van der Waals surface area (Å²) >= 11 is 5.92. The van der Waals surface area contributed by atoms with E-state index in [9.17, 15) is 13.2 Å². The SMILES string of the molecule is CCCc1ccc(NC(=O)c2ccc(Cl)c(S(=O)(=O)NC)c2)cc1. The number of hydrogen-bond donors (Lipinski definition) is 2. The molecule has 0 saturated carbocycles. The van der Waals surface area contributed by atoms with Gasteiger partial charge in [-0.2, -0.15) is 0 Å². The van der Waals surface area contributed by atoms with Gasteiger partial charge in [-0.1, -0.05) is 37.1 Å². The van der Waals surface area contributed by atoms with Crippen molar-refractivity contribution < 1.29 is 13.2 Å². The molecule has 2 aromatic rings. The number of rotatable bonds is 6. The van der Waals surface area contributed by atoms with E-state index < -0.39 is 15.9 Å². The van der Waals surface area contributed by atoms with Gasteiger partial charge in [0.25, 0.3) is 5.91 Å². The molecule has 0 radical (unpaired) electrons. The average molecular weight is 367 g/mol. The largest absolute Gasteiger partial charge is 0.322 e. The first kappa shape index (κ1) is 18.4. The number of nitrogens with one attached hydrogen (secondary N) is 2. The van der Waals surface area contributed by atoms with Crippen molar-refractivity contribution in [3.63, 3.8) is 0 Å². The molecule has 0 saturated heterocycles. The number of benzene rings is 2. The Morgan fingerprint density at radius 2 is 1.79 bits per heavy atom. The third kappa shape index (κ3) is 4.35. The molecule has 0 aromatic heterocycles. The van der Waals surface area contributed by atoms with Crippen LogP contribution < -0.4 is 10.0 Å². The molecule has 0 fully saturated rings. The number of carbonyl (C=O) groups is 1. The molecule has 0 aliphatic heterocycles. The van der Waals surface area contributed by atoms with E-state index in [4.69, 9.17) is 11.6 Å². The van der Waals surface area contributed by atoms with Crippen molar-refractivity contribution in [2.45, 2.75) is 24.7 Å². The zero-order valence-electron chi connectivity index (χ0n) is 13.5. The molecule has 7 heteroatoms. The first-order valence-electron chi connectivity index (χ1n) is 7.50. The highest BCUT2D eigenvalue weighted by atomic mass is 35.5. The first-order chi connectivity index (χ1) is 11.4. The lowest BCUT2D eigenvalue weighted by atomic mass is 10.1. The number of halogens is 1. The minimum Gasteiger partial charge on any atom is -0.322 e. The van der Waals surface area contributed by atoms with Gasteiger partial charge in [-0.15, -0.1) is 0 Å². The van der Waals surface area contributed by atoms with Gasteiger partial charge < -0.3 is 5.32 Å². The van der Waals surface area contributed by atoms with Crippen molar-refractivity contribution in [3.05, 3.63) is 58.6 Å². The van der Waals surface area contributed by atoms with Gasteiger partial charge in [0.2, 0.25) is 10.0 Å². The molecule has 5 nitrogen and oxygen atoms in total. The van der Waals surface area contributed by atoms with Crippen LogP contribution >= 0.6 is 11.6 Å². The van der Waals surface area contributed by atoms with E-state index >= 15 is 0 Å². The van der Waals surface area contributed by atoms with E-state index in [1.807, 2.05) is 24.3 Å². The quantitative estimate of drug-likeness (QED) is 0.822. The zero-order valence-corrected chi connectivity index (χ0v) is 15.0. The molecule has 0 unspecified atom stereocenters. The van der Waals surface area contributed by atoms with Gasteiger partial charge in [-0.3, -0.25) is 4.79 Å². The lowest BCUT2D eigenvalue weighted by molar-refractivity contribution is 0.102. The highest BCUT2D eigenvalue weighted by molar-refractivity contribution is 7.89. The fraction of sp³-hybridized carbons (Fsp3) is 0.235. The van der Waals surface area contributed by atoms with Crippen LogP contribution in [0.3, 0.4) is 0 Å². The molecule has 0 spiro atoms. The summed E-state index contributed by atoms with van der Waals surface area (Å²) in [5.74, 6) is -0.400. The monoisotopic (exact) mass is 366 g/mol. The number of carbonyl (C=O) groups excluding carboxylic acids is 1. The number of hydrogen-bond acceptors (Lipinski definition) is 3. The second-order valence-electron chi connectivity index (χ2n) is 5.25. The minimum absolute atomic E-state index is 0.0600. The maximum atomic E-state index is 12.3. The van der Waals surface area contributed by atoms with Crippen LogP contribution in [-0.4, -0.2) is 21.4 Å². The van der Waals surface area contributed by atoms with Crippen LogP contribution in [0.15, 0.2) is 47.4 Å². The van der Waals surface area contributed by atoms with Crippen LogP contribution in [0.1, 0.15) is 29.3 Å². The maximum absolute atomic E-state index is 12.3. The van der Waals surface area contributed by atoms with Crippen LogP contribution in [0, 0.1) is 0 Å². The minimum atomic E-state index is -3.73. The average Bonchev–Trinajstić information content (AvgIpc) is 2.57. The number of anilines is 1. The molecule has 128 valence electrons. The second kappa shape index (κ2) is 7.79. The molecule has 2 rings (SSSR count). The number of sulfonamides is 1. The standard InChI is InChI=1S/C17H19ClN2O3S/c1-3-4-12-5-8-14(9-6-12)20-17(21)13-7-10-15(18)16(11-13)24(22,23)19-2/h5-11,19H,3-4H2,1-2H3,(H,20,21). The van der Waals surface area contributed by atoms with Gasteiger partial charge >= 0.3 is 0 Å². The number of amides is 1. The molecule has 0 atom stereocenters. The van der Waals surface area contributed by atoms with Crippen LogP contribution in [0.25, 0.3) is 0 Å². The van der Waals surface area contributed by atoms with E-state index in [1.165, 1.54) is 30.8 Å². The van der Waals surface area contributed by atoms with Gasteiger partial charge in [0, 0.05) is 11.3 Å². The van der Waals surface area contributed by atoms with Gasteiger partial charge in [-0.05, 0) is 49.4 Å². The molecule has 0 bridgehead atoms. The van der Waals surface area contributed by atoms with E-state index in [0.717, 1.165) is 12.8 Å². The predicted octanol–water partition coefficient (Wildman–Crippen LogP) is 3.45. The topological polar surface area (TPSA) is 75.3 Å². The highest BCUT2D eigenvalue weighted by Crippen LogP contribution is 2.23. The van der Waals surface area contributed by atoms with Crippen molar-refractivity contribution in [2.24, 2.45) is 0 Å². The third-order valence-electron chi connectivity index (χ3n) is 3.50. The Morgan fingerprint density at radius 3 is 2.38 bits per heavy atom. The molecule has 0 aliphatic rings. The van der Waals surface area contributed by atoms with Crippen molar-refractivity contribution in [1.82, 2.24) is 4.72 Å². The summed E-state index contributed by atoms with van der Waals surface area (Å²) in [7, 11) is -2.44. The second-order valence-corrected chi connectivity index (χ2v) is 7.52. The van der Waals surface area contributed by atoms with Gasteiger partial charge in [0.1, 0.15) is 4.90 Å². The van der Waals surface area contributed by atoms with Crippen LogP contribution in [0.5, 0.6) is 0 Å². The van der Waals surface area contributed by atoms with Crippen LogP contribution in [0.2, 0.25) is 5.02 Å². The molecule has 2 aromatic carbocycles. The summed E-state index contributed by atoms with van der Waals surface area (Å²) in [6, 6.07) is 11.7. The molecule has 1 amide bonds. The summed E-state index contributed by atoms with van der Waals surface area (Å²) in [6.07, 6.45) is 2.04. The van der Waals surface area contributed by atoms with Gasteiger partial charge in [-0.25, -0.2) is 13.1 Å². The maximum Gasteiger partial charge on any atom is 0.255 e. The Balaban J connectivity index is 2.22. The normalized spacial score (nSPS) is 11.3. The Bertz CT molecular complexity index is 833. The predicted molar refractivity (Wildman–Crippen MR) is 96.1 cm³/mol. The van der Waals surface area contributed by atoms with Crippen LogP contribution in [-0.2, 0) is 16.4 Å². The summed E-state index contributed by atoms with van der Waals surface area (Å²) in [6.45, 7) is 2.10. The molecular formula is C17H19ClN2O3S.